The van der Waals surface area contributed by atoms with E-state index < -0.39 is 0 Å². The molecule has 1 heterocycles. The molecule has 1 rings (SSSR count). The molecule has 3 heteroatoms. The molecule has 0 aliphatic rings. The summed E-state index contributed by atoms with van der Waals surface area (Å²) in [5.41, 5.74) is 1.27. The van der Waals surface area contributed by atoms with Crippen molar-refractivity contribution >= 4 is 19.2 Å². The topological polar surface area (TPSA) is 19.0 Å². The number of rotatable bonds is 4. The van der Waals surface area contributed by atoms with E-state index in [1.807, 2.05) is 25.3 Å². The van der Waals surface area contributed by atoms with E-state index in [-0.39, 0.29) is 0 Å². The minimum atomic E-state index is 0.918. The van der Waals surface area contributed by atoms with E-state index in [2.05, 4.69) is 37.0 Å². The summed E-state index contributed by atoms with van der Waals surface area (Å²) in [6.07, 6.45) is 7.58. The molecule has 0 fully saturated rings. The molecule has 0 bridgehead atoms. The molecule has 0 atom stereocenters. The van der Waals surface area contributed by atoms with Crippen LogP contribution in [0.5, 0.6) is 0 Å². The zero-order chi connectivity index (χ0) is 11.3. The molecule has 2 nitrogen and oxygen atoms in total. The van der Waals surface area contributed by atoms with E-state index in [1.165, 1.54) is 10.7 Å². The standard InChI is InChI=1S/C12H17BN2/c1-5-7-10-11(9-15(3)4)13-14-12(10)8-6-2/h5-8,14H,1-2,9H2,3-4H3/b10-7-,12-8+. The number of nitrogens with zero attached hydrogens (tertiary/aromatic N) is 1. The van der Waals surface area contributed by atoms with Crippen LogP contribution in [0.1, 0.15) is 5.46 Å². The van der Waals surface area contributed by atoms with Gasteiger partial charge < -0.3 is 0 Å². The minimum absolute atomic E-state index is 0.918. The Labute approximate surface area is 91.5 Å². The number of nitrogens with one attached hydrogen (secondary N) is 1. The fourth-order valence-electron chi connectivity index (χ4n) is 1.54. The maximum atomic E-state index is 3.73. The SMILES string of the molecule is C=C/C=c1/c(CN(C)C)b[nH]/c1=C/C=C. The summed E-state index contributed by atoms with van der Waals surface area (Å²) < 4.78 is 0. The van der Waals surface area contributed by atoms with Gasteiger partial charge in [-0.25, -0.2) is 0 Å². The van der Waals surface area contributed by atoms with Crippen LogP contribution < -0.4 is 10.6 Å². The molecular formula is C12H17BN2. The van der Waals surface area contributed by atoms with Crippen LogP contribution in [-0.2, 0) is 6.54 Å². The Morgan fingerprint density at radius 1 is 1.27 bits per heavy atom. The molecule has 0 unspecified atom stereocenters. The first-order valence-electron chi connectivity index (χ1n) is 4.95. The molecule has 0 aliphatic carbocycles. The second-order valence-electron chi connectivity index (χ2n) is 3.68. The zero-order valence-corrected chi connectivity index (χ0v) is 9.46. The van der Waals surface area contributed by atoms with Crippen molar-refractivity contribution in [3.05, 3.63) is 41.3 Å². The number of allylic oxidation sites excluding steroid dienone is 2. The van der Waals surface area contributed by atoms with E-state index in [4.69, 9.17) is 0 Å². The monoisotopic (exact) mass is 200 g/mol. The van der Waals surface area contributed by atoms with Crippen LogP contribution in [0.3, 0.4) is 0 Å². The average molecular weight is 200 g/mol. The molecule has 0 spiro atoms. The number of H-pyrrole nitrogens is 1. The zero-order valence-electron chi connectivity index (χ0n) is 9.46. The summed E-state index contributed by atoms with van der Waals surface area (Å²) in [5.74, 6) is 0. The number of hydrogen-bond donors (Lipinski definition) is 1. The molecule has 15 heavy (non-hydrogen) atoms. The molecule has 0 aromatic carbocycles. The Morgan fingerprint density at radius 2 is 1.93 bits per heavy atom. The van der Waals surface area contributed by atoms with Gasteiger partial charge in [0.25, 0.3) is 0 Å². The molecule has 1 N–H and O–H groups in total. The van der Waals surface area contributed by atoms with Gasteiger partial charge in [0.15, 0.2) is 0 Å². The Bertz CT molecular complexity index is 454. The Kier molecular flexibility index (Phi) is 4.31. The molecule has 78 valence electrons. The van der Waals surface area contributed by atoms with Gasteiger partial charge >= 0.3 is 91.0 Å². The van der Waals surface area contributed by atoms with Crippen molar-refractivity contribution < 1.29 is 0 Å². The first kappa shape index (κ1) is 11.7. The summed E-state index contributed by atoms with van der Waals surface area (Å²) in [5, 5.41) is 2.28. The third-order valence-electron chi connectivity index (χ3n) is 2.09. The van der Waals surface area contributed by atoms with E-state index in [0.717, 1.165) is 11.9 Å². The predicted molar refractivity (Wildman–Crippen MR) is 68.1 cm³/mol. The maximum absolute atomic E-state index is 3.73. The van der Waals surface area contributed by atoms with Crippen molar-refractivity contribution in [1.82, 2.24) is 9.79 Å². The quantitative estimate of drug-likeness (QED) is 0.742. The van der Waals surface area contributed by atoms with Crippen molar-refractivity contribution in [3.8, 4) is 0 Å². The Morgan fingerprint density at radius 3 is 2.47 bits per heavy atom. The summed E-state index contributed by atoms with van der Waals surface area (Å²) >= 11 is 0. The van der Waals surface area contributed by atoms with Crippen molar-refractivity contribution in [2.75, 3.05) is 14.1 Å². The normalized spacial score (nSPS) is 13.3. The van der Waals surface area contributed by atoms with Crippen molar-refractivity contribution in [2.24, 2.45) is 0 Å². The van der Waals surface area contributed by atoms with Gasteiger partial charge in [-0.2, -0.15) is 0 Å². The van der Waals surface area contributed by atoms with Gasteiger partial charge in [-0.1, -0.05) is 0 Å². The van der Waals surface area contributed by atoms with Crippen molar-refractivity contribution in [1.29, 1.82) is 0 Å². The summed E-state index contributed by atoms with van der Waals surface area (Å²) in [4.78, 5) is 5.37. The molecule has 1 aromatic heterocycles. The predicted octanol–water partition coefficient (Wildman–Crippen LogP) is 0.347. The number of aromatic nitrogens is 1. The average Bonchev–Trinajstić information content (AvgIpc) is 2.51. The van der Waals surface area contributed by atoms with Crippen LogP contribution >= 0.6 is 0 Å². The molecular weight excluding hydrogens is 183 g/mol. The van der Waals surface area contributed by atoms with Gasteiger partial charge in [-0.15, -0.1) is 0 Å². The van der Waals surface area contributed by atoms with Gasteiger partial charge in [-0.05, 0) is 0 Å². The van der Waals surface area contributed by atoms with Gasteiger partial charge in [0.1, 0.15) is 0 Å². The fourth-order valence-corrected chi connectivity index (χ4v) is 1.54. The summed E-state index contributed by atoms with van der Waals surface area (Å²) in [6.45, 7) is 8.35. The van der Waals surface area contributed by atoms with Crippen molar-refractivity contribution in [2.45, 2.75) is 6.54 Å². The Hall–Kier alpha value is -1.35. The molecule has 0 aliphatic heterocycles. The second-order valence-corrected chi connectivity index (χ2v) is 3.68. The molecule has 0 amide bonds. The van der Waals surface area contributed by atoms with Crippen LogP contribution in [0.15, 0.2) is 25.3 Å². The summed E-state index contributed by atoms with van der Waals surface area (Å²) in [6, 6.07) is 0. The first-order valence-corrected chi connectivity index (χ1v) is 4.95. The molecule has 0 radical (unpaired) electrons. The molecule has 0 saturated heterocycles. The van der Waals surface area contributed by atoms with Gasteiger partial charge in [0.2, 0.25) is 0 Å². The second kappa shape index (κ2) is 5.52. The third kappa shape index (κ3) is 3.06. The van der Waals surface area contributed by atoms with Crippen molar-refractivity contribution in [3.63, 3.8) is 0 Å². The van der Waals surface area contributed by atoms with Crippen LogP contribution in [0.2, 0.25) is 0 Å². The summed E-state index contributed by atoms with van der Waals surface area (Å²) in [7, 11) is 6.15. The molecule has 1 aromatic rings. The number of hydrogen-bond acceptors (Lipinski definition) is 1. The first-order chi connectivity index (χ1) is 7.19. The van der Waals surface area contributed by atoms with E-state index in [0.29, 0.717) is 0 Å². The van der Waals surface area contributed by atoms with E-state index in [9.17, 15) is 0 Å². The van der Waals surface area contributed by atoms with Crippen LogP contribution in [0.25, 0.3) is 12.2 Å². The Balaban J connectivity index is 3.31. The van der Waals surface area contributed by atoms with Crippen LogP contribution in [-0.4, -0.2) is 30.9 Å². The van der Waals surface area contributed by atoms with Gasteiger partial charge in [0, 0.05) is 0 Å². The fraction of sp³-hybridized carbons (Fsp3) is 0.250. The van der Waals surface area contributed by atoms with Gasteiger partial charge in [0.05, 0.1) is 0 Å². The van der Waals surface area contributed by atoms with E-state index >= 15 is 0 Å². The third-order valence-corrected chi connectivity index (χ3v) is 2.09. The van der Waals surface area contributed by atoms with Gasteiger partial charge in [-0.3, -0.25) is 0 Å². The number of aromatic amines is 1. The van der Waals surface area contributed by atoms with Crippen LogP contribution in [0, 0.1) is 0 Å². The molecule has 0 saturated carbocycles. The van der Waals surface area contributed by atoms with Crippen LogP contribution in [0.4, 0.5) is 0 Å². The van der Waals surface area contributed by atoms with E-state index in [1.54, 1.807) is 6.08 Å².